The van der Waals surface area contributed by atoms with Crippen molar-refractivity contribution in [3.8, 4) is 0 Å². The highest BCUT2D eigenvalue weighted by atomic mass is 32.2. The van der Waals surface area contributed by atoms with E-state index in [-0.39, 0.29) is 0 Å². The first-order valence-electron chi connectivity index (χ1n) is 2.50. The predicted molar refractivity (Wildman–Crippen MR) is 37.4 cm³/mol. The topological polar surface area (TPSA) is 49.5 Å². The molecule has 0 bridgehead atoms. The Hall–Kier alpha value is -0.480. The number of allylic oxidation sites excluding steroid dienone is 1. The summed E-state index contributed by atoms with van der Waals surface area (Å²) in [6, 6.07) is 0. The number of hydrogen-bond acceptors (Lipinski definition) is 2. The molecule has 1 unspecified atom stereocenters. The SMILES string of the molecule is CC1=C([S+](C)[O-])[N]N=C1. The average Bonchev–Trinajstić information content (AvgIpc) is 2.13. The molecule has 1 radical (unpaired) electrons. The highest BCUT2D eigenvalue weighted by molar-refractivity contribution is 7.94. The lowest BCUT2D eigenvalue weighted by Crippen LogP contribution is -2.07. The molecule has 1 aliphatic rings. The van der Waals surface area contributed by atoms with E-state index in [2.05, 4.69) is 10.5 Å². The standard InChI is InChI=1S/C5H7N2OS/c1-4-3-6-7-5(4)9(2)8/h3H,1-2H3. The van der Waals surface area contributed by atoms with Gasteiger partial charge < -0.3 is 4.55 Å². The van der Waals surface area contributed by atoms with Gasteiger partial charge in [0.2, 0.25) is 0 Å². The first-order chi connectivity index (χ1) is 4.22. The molecule has 0 aromatic heterocycles. The molecule has 1 heterocycles. The van der Waals surface area contributed by atoms with Crippen molar-refractivity contribution in [2.75, 3.05) is 6.26 Å². The van der Waals surface area contributed by atoms with Gasteiger partial charge in [-0.1, -0.05) is 5.43 Å². The summed E-state index contributed by atoms with van der Waals surface area (Å²) in [4.78, 5) is 0. The Labute approximate surface area is 57.0 Å². The minimum atomic E-state index is -0.983. The fourth-order valence-corrected chi connectivity index (χ4v) is 1.25. The van der Waals surface area contributed by atoms with Crippen LogP contribution in [0.5, 0.6) is 0 Å². The molecule has 0 aliphatic carbocycles. The summed E-state index contributed by atoms with van der Waals surface area (Å²) in [5.74, 6) is 0. The average molecular weight is 143 g/mol. The first kappa shape index (κ1) is 6.64. The van der Waals surface area contributed by atoms with Crippen LogP contribution >= 0.6 is 0 Å². The third kappa shape index (κ3) is 1.25. The smallest absolute Gasteiger partial charge is 0.267 e. The summed E-state index contributed by atoms with van der Waals surface area (Å²) < 4.78 is 10.7. The number of rotatable bonds is 1. The minimum Gasteiger partial charge on any atom is -0.610 e. The molecule has 0 aromatic rings. The third-order valence-electron chi connectivity index (χ3n) is 1.01. The lowest BCUT2D eigenvalue weighted by Gasteiger charge is -2.01. The predicted octanol–water partition coefficient (Wildman–Crippen LogP) is 0.200. The van der Waals surface area contributed by atoms with Crippen LogP contribution in [0, 0.1) is 0 Å². The van der Waals surface area contributed by atoms with Crippen molar-refractivity contribution < 1.29 is 4.55 Å². The van der Waals surface area contributed by atoms with Crippen LogP contribution in [0.15, 0.2) is 15.7 Å². The van der Waals surface area contributed by atoms with E-state index >= 15 is 0 Å². The second-order valence-corrected chi connectivity index (χ2v) is 3.08. The maximum Gasteiger partial charge on any atom is 0.267 e. The largest absolute Gasteiger partial charge is 0.610 e. The molecule has 0 aromatic carbocycles. The molecule has 49 valence electrons. The quantitative estimate of drug-likeness (QED) is 0.484. The highest BCUT2D eigenvalue weighted by Gasteiger charge is 2.17. The third-order valence-corrected chi connectivity index (χ3v) is 1.96. The molecule has 0 amide bonds. The molecule has 9 heavy (non-hydrogen) atoms. The number of hydrogen-bond donors (Lipinski definition) is 0. The van der Waals surface area contributed by atoms with Gasteiger partial charge in [0.25, 0.3) is 5.03 Å². The normalized spacial score (nSPS) is 20.3. The second kappa shape index (κ2) is 2.41. The molecule has 0 N–H and O–H groups in total. The Balaban J connectivity index is 2.73. The van der Waals surface area contributed by atoms with E-state index in [9.17, 15) is 4.55 Å². The van der Waals surface area contributed by atoms with E-state index in [1.165, 1.54) is 0 Å². The van der Waals surface area contributed by atoms with Gasteiger partial charge in [-0.2, -0.15) is 5.10 Å². The van der Waals surface area contributed by atoms with E-state index in [0.717, 1.165) is 5.57 Å². The van der Waals surface area contributed by atoms with E-state index in [1.54, 1.807) is 12.5 Å². The van der Waals surface area contributed by atoms with E-state index in [1.807, 2.05) is 6.92 Å². The zero-order valence-corrected chi connectivity index (χ0v) is 6.10. The Morgan fingerprint density at radius 1 is 1.67 bits per heavy atom. The van der Waals surface area contributed by atoms with Gasteiger partial charge in [0.05, 0.1) is 6.21 Å². The van der Waals surface area contributed by atoms with Crippen LogP contribution in [0.3, 0.4) is 0 Å². The van der Waals surface area contributed by atoms with Crippen LogP contribution in [-0.4, -0.2) is 17.0 Å². The van der Waals surface area contributed by atoms with E-state index < -0.39 is 11.2 Å². The Bertz CT molecular complexity index is 174. The molecule has 1 rings (SSSR count). The summed E-state index contributed by atoms with van der Waals surface area (Å²) in [5, 5.41) is 4.19. The maximum absolute atomic E-state index is 10.7. The summed E-state index contributed by atoms with van der Waals surface area (Å²) in [5.41, 5.74) is 4.56. The van der Waals surface area contributed by atoms with Gasteiger partial charge in [0.15, 0.2) is 0 Å². The van der Waals surface area contributed by atoms with Crippen LogP contribution in [0.2, 0.25) is 0 Å². The van der Waals surface area contributed by atoms with E-state index in [4.69, 9.17) is 0 Å². The lowest BCUT2D eigenvalue weighted by molar-refractivity contribution is 0.602. The fourth-order valence-electron chi connectivity index (χ4n) is 0.586. The maximum atomic E-state index is 10.7. The van der Waals surface area contributed by atoms with E-state index in [0.29, 0.717) is 5.03 Å². The Kier molecular flexibility index (Phi) is 1.78. The number of nitrogens with zero attached hydrogens (tertiary/aromatic N) is 2. The molecular formula is C5H7N2OS. The minimum absolute atomic E-state index is 0.593. The van der Waals surface area contributed by atoms with Gasteiger partial charge in [-0.25, -0.2) is 0 Å². The molecular weight excluding hydrogens is 136 g/mol. The zero-order chi connectivity index (χ0) is 6.85. The van der Waals surface area contributed by atoms with Gasteiger partial charge >= 0.3 is 0 Å². The lowest BCUT2D eigenvalue weighted by atomic mass is 10.4. The van der Waals surface area contributed by atoms with Gasteiger partial charge in [0.1, 0.15) is 6.26 Å². The molecule has 1 atom stereocenters. The molecule has 0 saturated carbocycles. The van der Waals surface area contributed by atoms with Gasteiger partial charge in [0, 0.05) is 16.7 Å². The van der Waals surface area contributed by atoms with Gasteiger partial charge in [-0.05, 0) is 6.92 Å². The summed E-state index contributed by atoms with van der Waals surface area (Å²) in [6.45, 7) is 1.84. The van der Waals surface area contributed by atoms with Crippen molar-refractivity contribution in [2.45, 2.75) is 6.92 Å². The summed E-state index contributed by atoms with van der Waals surface area (Å²) >= 11 is -0.983. The van der Waals surface area contributed by atoms with Crippen LogP contribution < -0.4 is 5.43 Å². The zero-order valence-electron chi connectivity index (χ0n) is 5.29. The Morgan fingerprint density at radius 3 is 2.56 bits per heavy atom. The molecule has 3 nitrogen and oxygen atoms in total. The highest BCUT2D eigenvalue weighted by Crippen LogP contribution is 2.11. The van der Waals surface area contributed by atoms with Gasteiger partial charge in [-0.15, -0.1) is 0 Å². The molecule has 0 spiro atoms. The first-order valence-corrected chi connectivity index (χ1v) is 4.06. The van der Waals surface area contributed by atoms with Crippen LogP contribution in [0.1, 0.15) is 6.92 Å². The Morgan fingerprint density at radius 2 is 2.33 bits per heavy atom. The van der Waals surface area contributed by atoms with Crippen LogP contribution in [0.25, 0.3) is 0 Å². The van der Waals surface area contributed by atoms with Crippen molar-refractivity contribution in [1.82, 2.24) is 5.43 Å². The molecule has 1 aliphatic heterocycles. The summed E-state index contributed by atoms with van der Waals surface area (Å²) in [7, 11) is 0. The van der Waals surface area contributed by atoms with Crippen LogP contribution in [0.4, 0.5) is 0 Å². The van der Waals surface area contributed by atoms with Crippen molar-refractivity contribution in [3.63, 3.8) is 0 Å². The van der Waals surface area contributed by atoms with Crippen molar-refractivity contribution in [1.29, 1.82) is 0 Å². The summed E-state index contributed by atoms with van der Waals surface area (Å²) in [6.07, 6.45) is 3.20. The van der Waals surface area contributed by atoms with Gasteiger partial charge in [-0.3, -0.25) is 0 Å². The fraction of sp³-hybridized carbons (Fsp3) is 0.400. The monoisotopic (exact) mass is 143 g/mol. The molecule has 4 heteroatoms. The van der Waals surface area contributed by atoms with Crippen molar-refractivity contribution in [3.05, 3.63) is 10.6 Å². The van der Waals surface area contributed by atoms with Crippen LogP contribution in [-0.2, 0) is 11.2 Å². The second-order valence-electron chi connectivity index (χ2n) is 1.79. The molecule has 0 fully saturated rings. The van der Waals surface area contributed by atoms with Crippen molar-refractivity contribution >= 4 is 17.4 Å². The van der Waals surface area contributed by atoms with Crippen molar-refractivity contribution in [2.24, 2.45) is 5.10 Å². The molecule has 0 saturated heterocycles.